The average molecular weight is 463 g/mol. The maximum absolute atomic E-state index is 12.5. The molecule has 2 N–H and O–H groups in total. The lowest BCUT2D eigenvalue weighted by atomic mass is 10.1. The Kier molecular flexibility index (Phi) is 6.80. The van der Waals surface area contributed by atoms with E-state index in [-0.39, 0.29) is 0 Å². The SMILES string of the molecule is CCOc1ccc(-c2csc(NC(=O)C(C)OC(=O)c3ccc(-c4ncc[nH]4)cc3)n2)cc1. The molecule has 0 fully saturated rings. The summed E-state index contributed by atoms with van der Waals surface area (Å²) in [5.74, 6) is 0.452. The van der Waals surface area contributed by atoms with Crippen molar-refractivity contribution in [1.82, 2.24) is 15.0 Å². The number of thiazole rings is 1. The van der Waals surface area contributed by atoms with Crippen LogP contribution >= 0.6 is 11.3 Å². The zero-order valence-corrected chi connectivity index (χ0v) is 18.9. The van der Waals surface area contributed by atoms with Crippen molar-refractivity contribution in [3.05, 3.63) is 71.9 Å². The van der Waals surface area contributed by atoms with Gasteiger partial charge in [-0.15, -0.1) is 11.3 Å². The van der Waals surface area contributed by atoms with E-state index in [9.17, 15) is 9.59 Å². The zero-order valence-electron chi connectivity index (χ0n) is 18.1. The molecule has 0 saturated carbocycles. The Hall–Kier alpha value is -3.98. The molecule has 0 saturated heterocycles. The van der Waals surface area contributed by atoms with Crippen LogP contribution < -0.4 is 10.1 Å². The first-order chi connectivity index (χ1) is 16.0. The number of amides is 1. The topological polar surface area (TPSA) is 106 Å². The van der Waals surface area contributed by atoms with E-state index in [1.54, 1.807) is 36.7 Å². The molecule has 0 bridgehead atoms. The van der Waals surface area contributed by atoms with Gasteiger partial charge in [0.05, 0.1) is 17.9 Å². The fraction of sp³-hybridized carbons (Fsp3) is 0.167. The lowest BCUT2D eigenvalue weighted by Gasteiger charge is -2.12. The second-order valence-electron chi connectivity index (χ2n) is 7.05. The summed E-state index contributed by atoms with van der Waals surface area (Å²) in [7, 11) is 0. The van der Waals surface area contributed by atoms with Crippen LogP contribution in [0.5, 0.6) is 5.75 Å². The number of aromatic nitrogens is 3. The number of anilines is 1. The van der Waals surface area contributed by atoms with Crippen LogP contribution in [0.2, 0.25) is 0 Å². The molecule has 0 aliphatic carbocycles. The molecule has 0 spiro atoms. The third kappa shape index (κ3) is 5.45. The van der Waals surface area contributed by atoms with Gasteiger partial charge in [-0.1, -0.05) is 12.1 Å². The largest absolute Gasteiger partial charge is 0.494 e. The summed E-state index contributed by atoms with van der Waals surface area (Å²) in [6.45, 7) is 4.05. The van der Waals surface area contributed by atoms with Crippen molar-refractivity contribution in [3.63, 3.8) is 0 Å². The van der Waals surface area contributed by atoms with Crippen molar-refractivity contribution in [3.8, 4) is 28.4 Å². The lowest BCUT2D eigenvalue weighted by Crippen LogP contribution is -2.29. The van der Waals surface area contributed by atoms with Crippen LogP contribution in [0.15, 0.2) is 66.3 Å². The van der Waals surface area contributed by atoms with Crippen LogP contribution in [0.1, 0.15) is 24.2 Å². The van der Waals surface area contributed by atoms with Gasteiger partial charge < -0.3 is 14.5 Å². The minimum atomic E-state index is -0.986. The summed E-state index contributed by atoms with van der Waals surface area (Å²) < 4.78 is 10.8. The van der Waals surface area contributed by atoms with Gasteiger partial charge in [0.1, 0.15) is 11.6 Å². The number of H-pyrrole nitrogens is 1. The van der Waals surface area contributed by atoms with E-state index in [0.29, 0.717) is 23.1 Å². The number of nitrogens with one attached hydrogen (secondary N) is 2. The lowest BCUT2D eigenvalue weighted by molar-refractivity contribution is -0.123. The number of aromatic amines is 1. The number of imidazole rings is 1. The Morgan fingerprint density at radius 3 is 2.48 bits per heavy atom. The van der Waals surface area contributed by atoms with Gasteiger partial charge >= 0.3 is 5.97 Å². The molecule has 0 aliphatic rings. The molecule has 8 nitrogen and oxygen atoms in total. The molecule has 2 heterocycles. The van der Waals surface area contributed by atoms with Crippen LogP contribution in [0.4, 0.5) is 5.13 Å². The third-order valence-electron chi connectivity index (χ3n) is 4.74. The van der Waals surface area contributed by atoms with Crippen LogP contribution in [0.25, 0.3) is 22.6 Å². The number of hydrogen-bond donors (Lipinski definition) is 2. The zero-order chi connectivity index (χ0) is 23.2. The highest BCUT2D eigenvalue weighted by atomic mass is 32.1. The maximum atomic E-state index is 12.5. The van der Waals surface area contributed by atoms with Gasteiger partial charge in [-0.2, -0.15) is 0 Å². The van der Waals surface area contributed by atoms with Gasteiger partial charge in [0.25, 0.3) is 5.91 Å². The number of carbonyl (C=O) groups excluding carboxylic acids is 2. The molecule has 0 aliphatic heterocycles. The van der Waals surface area contributed by atoms with Crippen LogP contribution in [-0.2, 0) is 9.53 Å². The van der Waals surface area contributed by atoms with Crippen molar-refractivity contribution in [1.29, 1.82) is 0 Å². The number of rotatable bonds is 8. The summed E-state index contributed by atoms with van der Waals surface area (Å²) in [6, 6.07) is 14.4. The quantitative estimate of drug-likeness (QED) is 0.365. The van der Waals surface area contributed by atoms with Crippen LogP contribution in [0, 0.1) is 0 Å². The first-order valence-electron chi connectivity index (χ1n) is 10.3. The third-order valence-corrected chi connectivity index (χ3v) is 5.50. The van der Waals surface area contributed by atoms with Gasteiger partial charge in [-0.3, -0.25) is 10.1 Å². The Balaban J connectivity index is 1.33. The maximum Gasteiger partial charge on any atom is 0.338 e. The molecule has 1 atom stereocenters. The molecule has 4 aromatic rings. The fourth-order valence-electron chi connectivity index (χ4n) is 3.03. The molecule has 2 aromatic carbocycles. The van der Waals surface area contributed by atoms with Gasteiger partial charge in [0.2, 0.25) is 0 Å². The number of benzene rings is 2. The van der Waals surface area contributed by atoms with E-state index in [2.05, 4.69) is 20.3 Å². The number of esters is 1. The van der Waals surface area contributed by atoms with Gasteiger partial charge in [-0.05, 0) is 50.2 Å². The Morgan fingerprint density at radius 2 is 1.82 bits per heavy atom. The van der Waals surface area contributed by atoms with E-state index in [0.717, 1.165) is 22.6 Å². The molecule has 1 amide bonds. The van der Waals surface area contributed by atoms with E-state index in [1.165, 1.54) is 18.3 Å². The van der Waals surface area contributed by atoms with Crippen LogP contribution in [0.3, 0.4) is 0 Å². The van der Waals surface area contributed by atoms with Crippen molar-refractivity contribution in [2.45, 2.75) is 20.0 Å². The summed E-state index contributed by atoms with van der Waals surface area (Å²) in [6.07, 6.45) is 2.39. The molecule has 33 heavy (non-hydrogen) atoms. The Morgan fingerprint density at radius 1 is 1.09 bits per heavy atom. The second-order valence-corrected chi connectivity index (χ2v) is 7.91. The molecular formula is C24H22N4O4S. The predicted molar refractivity (Wildman–Crippen MR) is 126 cm³/mol. The van der Waals surface area contributed by atoms with E-state index in [1.807, 2.05) is 36.6 Å². The summed E-state index contributed by atoms with van der Waals surface area (Å²) in [5.41, 5.74) is 2.83. The first-order valence-corrected chi connectivity index (χ1v) is 11.2. The van der Waals surface area contributed by atoms with Crippen molar-refractivity contribution in [2.24, 2.45) is 0 Å². The van der Waals surface area contributed by atoms with Crippen molar-refractivity contribution < 1.29 is 19.1 Å². The molecule has 1 unspecified atom stereocenters. The highest BCUT2D eigenvalue weighted by Crippen LogP contribution is 2.26. The smallest absolute Gasteiger partial charge is 0.338 e. The standard InChI is InChI=1S/C24H22N4O4S/c1-3-31-19-10-8-16(9-11-19)20-14-33-24(27-20)28-22(29)15(2)32-23(30)18-6-4-17(5-7-18)21-25-12-13-26-21/h4-15H,3H2,1-2H3,(H,25,26)(H,27,28,29). The predicted octanol–water partition coefficient (Wildman–Crippen LogP) is 4.78. The molecule has 0 radical (unpaired) electrons. The van der Waals surface area contributed by atoms with E-state index >= 15 is 0 Å². The Bertz CT molecular complexity index is 1220. The molecule has 2 aromatic heterocycles. The van der Waals surface area contributed by atoms with E-state index in [4.69, 9.17) is 9.47 Å². The minimum absolute atomic E-state index is 0.344. The molecular weight excluding hydrogens is 440 g/mol. The Labute approximate surface area is 194 Å². The molecule has 4 rings (SSSR count). The number of ether oxygens (including phenoxy) is 2. The highest BCUT2D eigenvalue weighted by Gasteiger charge is 2.20. The first kappa shape index (κ1) is 22.2. The summed E-state index contributed by atoms with van der Waals surface area (Å²) in [5, 5.41) is 4.98. The van der Waals surface area contributed by atoms with E-state index < -0.39 is 18.0 Å². The van der Waals surface area contributed by atoms with Crippen molar-refractivity contribution in [2.75, 3.05) is 11.9 Å². The van der Waals surface area contributed by atoms with Gasteiger partial charge in [-0.25, -0.2) is 14.8 Å². The molecule has 9 heteroatoms. The number of carbonyl (C=O) groups is 2. The van der Waals surface area contributed by atoms with Gasteiger partial charge in [0, 0.05) is 28.9 Å². The molecule has 168 valence electrons. The minimum Gasteiger partial charge on any atom is -0.494 e. The summed E-state index contributed by atoms with van der Waals surface area (Å²) >= 11 is 1.30. The highest BCUT2D eigenvalue weighted by molar-refractivity contribution is 7.14. The van der Waals surface area contributed by atoms with Gasteiger partial charge in [0.15, 0.2) is 11.2 Å². The normalized spacial score (nSPS) is 11.6. The summed E-state index contributed by atoms with van der Waals surface area (Å²) in [4.78, 5) is 36.5. The number of hydrogen-bond acceptors (Lipinski definition) is 7. The second kappa shape index (κ2) is 10.1. The fourth-order valence-corrected chi connectivity index (χ4v) is 3.75. The van der Waals surface area contributed by atoms with Crippen molar-refractivity contribution >= 4 is 28.3 Å². The monoisotopic (exact) mass is 462 g/mol. The van der Waals surface area contributed by atoms with Crippen LogP contribution in [-0.4, -0.2) is 39.5 Å². The number of nitrogens with zero attached hydrogens (tertiary/aromatic N) is 2. The average Bonchev–Trinajstić information content (AvgIpc) is 3.52.